The van der Waals surface area contributed by atoms with Crippen LogP contribution in [0.1, 0.15) is 65.2 Å². The summed E-state index contributed by atoms with van der Waals surface area (Å²) in [5.41, 5.74) is 0.988. The highest BCUT2D eigenvalue weighted by Crippen LogP contribution is 2.43. The summed E-state index contributed by atoms with van der Waals surface area (Å²) in [5.74, 6) is -0.0127. The lowest BCUT2D eigenvalue weighted by Crippen LogP contribution is -2.42. The van der Waals surface area contributed by atoms with Crippen molar-refractivity contribution in [2.75, 3.05) is 13.2 Å². The Kier molecular flexibility index (Phi) is 5.73. The number of hydrogen-bond acceptors (Lipinski definition) is 5. The molecule has 0 spiro atoms. The van der Waals surface area contributed by atoms with E-state index < -0.39 is 5.31 Å². The number of hydrogen-bond donors (Lipinski definition) is 1. The molecule has 3 aliphatic rings. The summed E-state index contributed by atoms with van der Waals surface area (Å²) in [5, 5.41) is 6.87. The van der Waals surface area contributed by atoms with E-state index in [1.54, 1.807) is 0 Å². The quantitative estimate of drug-likeness (QED) is 0.746. The third-order valence-electron chi connectivity index (χ3n) is 5.50. The minimum Gasteiger partial charge on any atom is -0.370 e. The van der Waals surface area contributed by atoms with Crippen LogP contribution in [0, 0.1) is 5.41 Å². The van der Waals surface area contributed by atoms with E-state index in [-0.39, 0.29) is 23.8 Å². The smallest absolute Gasteiger partial charge is 0.220 e. The van der Waals surface area contributed by atoms with Crippen LogP contribution in [0.2, 0.25) is 5.31 Å². The standard InChI is InChI=1S/C18H31BN2O4/c1-17(2,19)16(22)20-14-11-13(21-25-14)18(8-4-5-9-18)12-24-15-7-3-6-10-23-15/h14-15H,3-12,19H2,1-2H3,(H,20,22). The molecule has 6 nitrogen and oxygen atoms in total. The van der Waals surface area contributed by atoms with E-state index in [1.807, 2.05) is 21.7 Å². The maximum atomic E-state index is 12.2. The lowest BCUT2D eigenvalue weighted by Gasteiger charge is -2.31. The summed E-state index contributed by atoms with van der Waals surface area (Å²) >= 11 is 0. The molecule has 2 aliphatic heterocycles. The second-order valence-electron chi connectivity index (χ2n) is 8.65. The van der Waals surface area contributed by atoms with Crippen LogP contribution in [-0.2, 0) is 19.1 Å². The monoisotopic (exact) mass is 350 g/mol. The van der Waals surface area contributed by atoms with Gasteiger partial charge in [0, 0.05) is 23.8 Å². The van der Waals surface area contributed by atoms with Gasteiger partial charge in [-0.2, -0.15) is 0 Å². The molecular weight excluding hydrogens is 319 g/mol. The highest BCUT2D eigenvalue weighted by molar-refractivity contribution is 6.27. The van der Waals surface area contributed by atoms with E-state index in [0.717, 1.165) is 38.0 Å². The molecule has 1 aliphatic carbocycles. The predicted molar refractivity (Wildman–Crippen MR) is 98.1 cm³/mol. The molecule has 0 aromatic heterocycles. The van der Waals surface area contributed by atoms with Gasteiger partial charge in [0.1, 0.15) is 7.85 Å². The molecule has 25 heavy (non-hydrogen) atoms. The van der Waals surface area contributed by atoms with Gasteiger partial charge in [-0.1, -0.05) is 31.8 Å². The summed E-state index contributed by atoms with van der Waals surface area (Å²) in [6.45, 7) is 5.23. The van der Waals surface area contributed by atoms with Gasteiger partial charge < -0.3 is 19.6 Å². The zero-order valence-electron chi connectivity index (χ0n) is 15.8. The van der Waals surface area contributed by atoms with Crippen molar-refractivity contribution in [3.63, 3.8) is 0 Å². The molecule has 7 heteroatoms. The van der Waals surface area contributed by atoms with E-state index in [9.17, 15) is 4.79 Å². The summed E-state index contributed by atoms with van der Waals surface area (Å²) in [7, 11) is 1.90. The van der Waals surface area contributed by atoms with Crippen LogP contribution in [0.15, 0.2) is 5.16 Å². The highest BCUT2D eigenvalue weighted by atomic mass is 16.7. The molecule has 1 amide bonds. The number of nitrogens with one attached hydrogen (secondary N) is 1. The molecule has 0 aromatic carbocycles. The first-order chi connectivity index (χ1) is 11.9. The molecule has 2 fully saturated rings. The van der Waals surface area contributed by atoms with Gasteiger partial charge in [-0.25, -0.2) is 0 Å². The van der Waals surface area contributed by atoms with Gasteiger partial charge in [0.25, 0.3) is 0 Å². The maximum Gasteiger partial charge on any atom is 0.220 e. The van der Waals surface area contributed by atoms with Crippen molar-refractivity contribution in [3.8, 4) is 0 Å². The van der Waals surface area contributed by atoms with Crippen LogP contribution >= 0.6 is 0 Å². The normalized spacial score (nSPS) is 29.1. The molecule has 3 rings (SSSR count). The Morgan fingerprint density at radius 1 is 1.36 bits per heavy atom. The lowest BCUT2D eigenvalue weighted by atomic mass is 9.72. The number of carbonyl (C=O) groups is 1. The van der Waals surface area contributed by atoms with Gasteiger partial charge in [0.15, 0.2) is 6.29 Å². The van der Waals surface area contributed by atoms with Crippen molar-refractivity contribution >= 4 is 19.5 Å². The fourth-order valence-electron chi connectivity index (χ4n) is 3.79. The van der Waals surface area contributed by atoms with Crippen molar-refractivity contribution in [2.45, 2.75) is 83.0 Å². The van der Waals surface area contributed by atoms with Crippen LogP contribution in [0.4, 0.5) is 0 Å². The molecule has 2 atom stereocenters. The second-order valence-corrected chi connectivity index (χ2v) is 8.65. The Hall–Kier alpha value is -1.08. The van der Waals surface area contributed by atoms with Crippen LogP contribution in [-0.4, -0.2) is 45.2 Å². The van der Waals surface area contributed by atoms with Gasteiger partial charge in [-0.15, -0.1) is 0 Å². The van der Waals surface area contributed by atoms with Gasteiger partial charge in [0.2, 0.25) is 12.1 Å². The van der Waals surface area contributed by atoms with Crippen LogP contribution in [0.25, 0.3) is 0 Å². The van der Waals surface area contributed by atoms with Crippen molar-refractivity contribution in [2.24, 2.45) is 10.6 Å². The number of oxime groups is 1. The van der Waals surface area contributed by atoms with Gasteiger partial charge >= 0.3 is 0 Å². The Labute approximate surface area is 151 Å². The Balaban J connectivity index is 1.56. The number of amides is 1. The molecule has 1 saturated carbocycles. The fourth-order valence-corrected chi connectivity index (χ4v) is 3.79. The average Bonchev–Trinajstić information content (AvgIpc) is 3.23. The largest absolute Gasteiger partial charge is 0.370 e. The minimum atomic E-state index is -0.432. The Morgan fingerprint density at radius 3 is 2.76 bits per heavy atom. The average molecular weight is 350 g/mol. The van der Waals surface area contributed by atoms with E-state index in [0.29, 0.717) is 13.0 Å². The first kappa shape index (κ1) is 18.7. The third kappa shape index (κ3) is 4.56. The SMILES string of the molecule is BC(C)(C)C(=O)NC1CC(C2(COC3CCCCO3)CCCC2)=NO1. The van der Waals surface area contributed by atoms with E-state index in [2.05, 4.69) is 10.5 Å². The minimum absolute atomic E-state index is 0.0127. The van der Waals surface area contributed by atoms with Crippen LogP contribution < -0.4 is 5.32 Å². The first-order valence-electron chi connectivity index (χ1n) is 9.66. The molecule has 2 heterocycles. The van der Waals surface area contributed by atoms with Crippen LogP contribution in [0.3, 0.4) is 0 Å². The molecule has 0 radical (unpaired) electrons. The Morgan fingerprint density at radius 2 is 2.12 bits per heavy atom. The van der Waals surface area contributed by atoms with Gasteiger partial charge in [-0.3, -0.25) is 4.79 Å². The second kappa shape index (κ2) is 7.66. The first-order valence-corrected chi connectivity index (χ1v) is 9.66. The van der Waals surface area contributed by atoms with Crippen molar-refractivity contribution in [1.82, 2.24) is 5.32 Å². The highest BCUT2D eigenvalue weighted by Gasteiger charge is 2.44. The maximum absolute atomic E-state index is 12.2. The summed E-state index contributed by atoms with van der Waals surface area (Å²) in [6.07, 6.45) is 8.00. The zero-order chi connectivity index (χ0) is 17.9. The predicted octanol–water partition coefficient (Wildman–Crippen LogP) is 2.14. The molecule has 1 N–H and O–H groups in total. The van der Waals surface area contributed by atoms with Gasteiger partial charge in [0.05, 0.1) is 12.3 Å². The molecule has 2 unspecified atom stereocenters. The molecule has 1 saturated heterocycles. The third-order valence-corrected chi connectivity index (χ3v) is 5.50. The molecule has 140 valence electrons. The van der Waals surface area contributed by atoms with E-state index in [4.69, 9.17) is 14.3 Å². The Bertz CT molecular complexity index is 506. The van der Waals surface area contributed by atoms with Crippen molar-refractivity contribution < 1.29 is 19.1 Å². The summed E-state index contributed by atoms with van der Waals surface area (Å²) in [6, 6.07) is 0. The zero-order valence-corrected chi connectivity index (χ0v) is 15.8. The fraction of sp³-hybridized carbons (Fsp3) is 0.889. The summed E-state index contributed by atoms with van der Waals surface area (Å²) in [4.78, 5) is 17.7. The van der Waals surface area contributed by atoms with E-state index >= 15 is 0 Å². The topological polar surface area (TPSA) is 69.2 Å². The molecular formula is C18H31BN2O4. The lowest BCUT2D eigenvalue weighted by molar-refractivity contribution is -0.173. The molecule has 0 bridgehead atoms. The number of nitrogens with zero attached hydrogens (tertiary/aromatic N) is 1. The molecule has 0 aromatic rings. The van der Waals surface area contributed by atoms with Crippen molar-refractivity contribution in [1.29, 1.82) is 0 Å². The number of carbonyl (C=O) groups excluding carboxylic acids is 1. The number of rotatable bonds is 6. The van der Waals surface area contributed by atoms with E-state index in [1.165, 1.54) is 19.3 Å². The number of ether oxygens (including phenoxy) is 2. The van der Waals surface area contributed by atoms with Gasteiger partial charge in [-0.05, 0) is 32.1 Å². The summed E-state index contributed by atoms with van der Waals surface area (Å²) < 4.78 is 11.8. The van der Waals surface area contributed by atoms with Crippen LogP contribution in [0.5, 0.6) is 0 Å². The van der Waals surface area contributed by atoms with Crippen molar-refractivity contribution in [3.05, 3.63) is 0 Å².